The number of nitrogens with one attached hydrogen (secondary N) is 2. The Bertz CT molecular complexity index is 1130. The van der Waals surface area contributed by atoms with Crippen LogP contribution in [-0.2, 0) is 15.1 Å². The van der Waals surface area contributed by atoms with Crippen molar-refractivity contribution < 1.29 is 14.3 Å². The summed E-state index contributed by atoms with van der Waals surface area (Å²) >= 11 is 0. The van der Waals surface area contributed by atoms with Gasteiger partial charge in [0.25, 0.3) is 11.5 Å². The molecule has 6 nitrogen and oxygen atoms in total. The first-order valence-electron chi connectivity index (χ1n) is 8.69. The number of carbonyl (C=O) groups excluding carboxylic acids is 2. The zero-order chi connectivity index (χ0) is 19.2. The minimum Gasteiger partial charge on any atom is -0.427 e. The molecule has 2 heterocycles. The molecule has 2 aromatic carbocycles. The molecule has 1 saturated heterocycles. The van der Waals surface area contributed by atoms with Crippen LogP contribution in [0.3, 0.4) is 0 Å². The number of carbonyl (C=O) groups is 2. The second kappa shape index (κ2) is 6.09. The van der Waals surface area contributed by atoms with Gasteiger partial charge in [-0.1, -0.05) is 50.2 Å². The fraction of sp³-hybridized carbons (Fsp3) is 0.190. The Hall–Kier alpha value is -3.41. The average molecular weight is 362 g/mol. The van der Waals surface area contributed by atoms with Crippen molar-refractivity contribution in [1.29, 1.82) is 0 Å². The van der Waals surface area contributed by atoms with Gasteiger partial charge in [0.2, 0.25) is 5.60 Å². The molecule has 0 aliphatic carbocycles. The molecule has 1 atom stereocenters. The van der Waals surface area contributed by atoms with Crippen molar-refractivity contribution in [2.24, 2.45) is 5.92 Å². The summed E-state index contributed by atoms with van der Waals surface area (Å²) < 4.78 is 5.27. The maximum Gasteiger partial charge on any atom is 0.415 e. The highest BCUT2D eigenvalue weighted by atomic mass is 16.6. The number of ether oxygens (including phenoxy) is 1. The molecule has 1 fully saturated rings. The summed E-state index contributed by atoms with van der Waals surface area (Å²) in [5, 5.41) is 4.29. The largest absolute Gasteiger partial charge is 0.427 e. The molecule has 0 unspecified atom stereocenters. The van der Waals surface area contributed by atoms with E-state index in [2.05, 4.69) is 10.3 Å². The maximum absolute atomic E-state index is 12.8. The number of aromatic amines is 1. The van der Waals surface area contributed by atoms with Gasteiger partial charge in [0, 0.05) is 11.6 Å². The van der Waals surface area contributed by atoms with Gasteiger partial charge >= 0.3 is 6.09 Å². The van der Waals surface area contributed by atoms with Crippen LogP contribution >= 0.6 is 0 Å². The lowest BCUT2D eigenvalue weighted by molar-refractivity contribution is -0.136. The first-order chi connectivity index (χ1) is 12.9. The van der Waals surface area contributed by atoms with Crippen molar-refractivity contribution in [1.82, 2.24) is 10.3 Å². The molecule has 3 aromatic rings. The molecule has 0 bridgehead atoms. The number of amides is 2. The summed E-state index contributed by atoms with van der Waals surface area (Å²) in [6.45, 7) is 3.46. The molecule has 1 aliphatic heterocycles. The first kappa shape index (κ1) is 17.0. The van der Waals surface area contributed by atoms with Crippen molar-refractivity contribution in [3.8, 4) is 11.3 Å². The van der Waals surface area contributed by atoms with Crippen molar-refractivity contribution in [3.63, 3.8) is 0 Å². The third-order valence-electron chi connectivity index (χ3n) is 4.99. The quantitative estimate of drug-likeness (QED) is 0.748. The third-order valence-corrected chi connectivity index (χ3v) is 4.99. The molecule has 4 rings (SSSR count). The van der Waals surface area contributed by atoms with Gasteiger partial charge in [0.15, 0.2) is 0 Å². The number of imide groups is 1. The second-order valence-electron chi connectivity index (χ2n) is 6.91. The van der Waals surface area contributed by atoms with Crippen LogP contribution in [0.15, 0.2) is 59.4 Å². The number of hydrogen-bond acceptors (Lipinski definition) is 4. The zero-order valence-electron chi connectivity index (χ0n) is 14.9. The van der Waals surface area contributed by atoms with Crippen LogP contribution in [-0.4, -0.2) is 17.0 Å². The lowest BCUT2D eigenvalue weighted by atomic mass is 9.83. The van der Waals surface area contributed by atoms with E-state index < -0.39 is 29.1 Å². The molecular formula is C21H18N2O4. The van der Waals surface area contributed by atoms with Gasteiger partial charge in [-0.2, -0.15) is 0 Å². The molecule has 1 aliphatic rings. The molecule has 2 N–H and O–H groups in total. The third kappa shape index (κ3) is 2.61. The normalized spacial score (nSPS) is 19.4. The number of benzene rings is 2. The Kier molecular flexibility index (Phi) is 3.84. The van der Waals surface area contributed by atoms with Gasteiger partial charge < -0.3 is 9.72 Å². The molecule has 27 heavy (non-hydrogen) atoms. The summed E-state index contributed by atoms with van der Waals surface area (Å²) in [5.41, 5.74) is -0.487. The van der Waals surface area contributed by atoms with Crippen LogP contribution in [0.5, 0.6) is 0 Å². The Morgan fingerprint density at radius 3 is 2.30 bits per heavy atom. The highest BCUT2D eigenvalue weighted by Gasteiger charge is 2.54. The van der Waals surface area contributed by atoms with Gasteiger partial charge in [-0.3, -0.25) is 14.9 Å². The molecule has 0 spiro atoms. The van der Waals surface area contributed by atoms with Crippen LogP contribution in [0.4, 0.5) is 4.79 Å². The lowest BCUT2D eigenvalue weighted by Crippen LogP contribution is -2.45. The molecule has 0 saturated carbocycles. The van der Waals surface area contributed by atoms with E-state index in [4.69, 9.17) is 4.74 Å². The van der Waals surface area contributed by atoms with Gasteiger partial charge in [-0.25, -0.2) is 4.79 Å². The van der Waals surface area contributed by atoms with Gasteiger partial charge in [-0.15, -0.1) is 0 Å². The van der Waals surface area contributed by atoms with Crippen LogP contribution in [0.1, 0.15) is 19.4 Å². The Morgan fingerprint density at radius 1 is 0.926 bits per heavy atom. The number of aromatic nitrogens is 1. The average Bonchev–Trinajstić information content (AvgIpc) is 2.96. The number of alkyl carbamates (subject to hydrolysis) is 1. The lowest BCUT2D eigenvalue weighted by Gasteiger charge is -2.28. The molecule has 0 radical (unpaired) electrons. The van der Waals surface area contributed by atoms with E-state index in [-0.39, 0.29) is 5.56 Å². The number of hydrogen-bond donors (Lipinski definition) is 2. The number of pyridine rings is 1. The van der Waals surface area contributed by atoms with E-state index in [9.17, 15) is 14.4 Å². The summed E-state index contributed by atoms with van der Waals surface area (Å²) in [7, 11) is 0. The van der Waals surface area contributed by atoms with Crippen molar-refractivity contribution in [3.05, 3.63) is 70.5 Å². The number of rotatable bonds is 3. The van der Waals surface area contributed by atoms with E-state index >= 15 is 0 Å². The standard InChI is InChI=1S/C21H18N2O4/c1-12(2)21(19(25)23-20(26)27-21)16-9-10-17(22-18(16)24)15-8-7-13-5-3-4-6-14(13)11-15/h3-12H,1-2H3,(H,22,24)(H,23,25,26)/t21-/m0/s1. The van der Waals surface area contributed by atoms with Gasteiger partial charge in [0.05, 0.1) is 5.56 Å². The van der Waals surface area contributed by atoms with Gasteiger partial charge in [-0.05, 0) is 34.5 Å². The van der Waals surface area contributed by atoms with Crippen LogP contribution in [0, 0.1) is 5.92 Å². The van der Waals surface area contributed by atoms with Gasteiger partial charge in [0.1, 0.15) is 0 Å². The van der Waals surface area contributed by atoms with Crippen LogP contribution < -0.4 is 10.9 Å². The SMILES string of the molecule is CC(C)[C@@]1(c2ccc(-c3ccc4ccccc4c3)[nH]c2=O)OC(=O)NC1=O. The molecule has 6 heteroatoms. The number of H-pyrrole nitrogens is 1. The predicted molar refractivity (Wildman–Crippen MR) is 101 cm³/mol. The van der Waals surface area contributed by atoms with Crippen LogP contribution in [0.25, 0.3) is 22.0 Å². The predicted octanol–water partition coefficient (Wildman–Crippen LogP) is 3.31. The summed E-state index contributed by atoms with van der Waals surface area (Å²) in [5.74, 6) is -1.02. The Balaban J connectivity index is 1.81. The van der Waals surface area contributed by atoms with E-state index in [1.807, 2.05) is 42.5 Å². The smallest absolute Gasteiger partial charge is 0.415 e. The maximum atomic E-state index is 12.8. The first-order valence-corrected chi connectivity index (χ1v) is 8.69. The fourth-order valence-electron chi connectivity index (χ4n) is 3.56. The van der Waals surface area contributed by atoms with Crippen molar-refractivity contribution >= 4 is 22.8 Å². The van der Waals surface area contributed by atoms with E-state index in [1.165, 1.54) is 0 Å². The molecule has 136 valence electrons. The highest BCUT2D eigenvalue weighted by molar-refractivity contribution is 6.03. The zero-order valence-corrected chi connectivity index (χ0v) is 14.9. The van der Waals surface area contributed by atoms with Crippen molar-refractivity contribution in [2.75, 3.05) is 0 Å². The molecule has 2 amide bonds. The summed E-state index contributed by atoms with van der Waals surface area (Å²) in [6, 6.07) is 17.1. The second-order valence-corrected chi connectivity index (χ2v) is 6.91. The van der Waals surface area contributed by atoms with E-state index in [0.717, 1.165) is 16.3 Å². The summed E-state index contributed by atoms with van der Waals surface area (Å²) in [4.78, 5) is 39.6. The van der Waals surface area contributed by atoms with E-state index in [0.29, 0.717) is 5.69 Å². The monoisotopic (exact) mass is 362 g/mol. The van der Waals surface area contributed by atoms with Crippen molar-refractivity contribution in [2.45, 2.75) is 19.4 Å². The number of fused-ring (bicyclic) bond motifs is 1. The Labute approximate surface area is 155 Å². The Morgan fingerprint density at radius 2 is 1.67 bits per heavy atom. The minimum atomic E-state index is -1.62. The fourth-order valence-corrected chi connectivity index (χ4v) is 3.56. The number of cyclic esters (lactones) is 1. The highest BCUT2D eigenvalue weighted by Crippen LogP contribution is 2.36. The summed E-state index contributed by atoms with van der Waals surface area (Å²) in [6.07, 6.45) is -0.841. The molecule has 1 aromatic heterocycles. The molecular weight excluding hydrogens is 344 g/mol. The topological polar surface area (TPSA) is 88.3 Å². The van der Waals surface area contributed by atoms with E-state index in [1.54, 1.807) is 26.0 Å². The minimum absolute atomic E-state index is 0.116. The van der Waals surface area contributed by atoms with Crippen LogP contribution in [0.2, 0.25) is 0 Å².